The molecule has 106 valence electrons. The fourth-order valence-corrected chi connectivity index (χ4v) is 2.79. The van der Waals surface area contributed by atoms with Crippen LogP contribution in [-0.2, 0) is 10.0 Å². The zero-order valence-corrected chi connectivity index (χ0v) is 11.8. The summed E-state index contributed by atoms with van der Waals surface area (Å²) in [5.74, 6) is 0.321. The second-order valence-corrected chi connectivity index (χ2v) is 6.51. The molecule has 0 aliphatic rings. The lowest BCUT2D eigenvalue weighted by Crippen LogP contribution is -2.19. The molecule has 0 unspecified atom stereocenters. The Morgan fingerprint density at radius 3 is 2.74 bits per heavy atom. The van der Waals surface area contributed by atoms with Crippen molar-refractivity contribution in [1.29, 1.82) is 0 Å². The van der Waals surface area contributed by atoms with E-state index in [4.69, 9.17) is 10.9 Å². The normalized spacial score (nSPS) is 12.7. The van der Waals surface area contributed by atoms with Crippen LogP contribution in [0.25, 0.3) is 0 Å². The molecule has 1 aromatic carbocycles. The zero-order chi connectivity index (χ0) is 14.5. The number of rotatable bonds is 6. The van der Waals surface area contributed by atoms with Gasteiger partial charge in [-0.05, 0) is 24.5 Å². The molecule has 1 rings (SSSR count). The number of amidine groups is 1. The van der Waals surface area contributed by atoms with E-state index in [-0.39, 0.29) is 11.6 Å². The summed E-state index contributed by atoms with van der Waals surface area (Å²) in [6.07, 6.45) is 0.593. The van der Waals surface area contributed by atoms with Crippen LogP contribution in [0.15, 0.2) is 29.4 Å². The predicted octanol–water partition coefficient (Wildman–Crippen LogP) is 1.57. The van der Waals surface area contributed by atoms with Crippen LogP contribution in [0.5, 0.6) is 0 Å². The summed E-state index contributed by atoms with van der Waals surface area (Å²) in [5.41, 5.74) is 6.29. The van der Waals surface area contributed by atoms with Crippen molar-refractivity contribution in [2.45, 2.75) is 20.3 Å². The summed E-state index contributed by atoms with van der Waals surface area (Å²) < 4.78 is 26.1. The average molecular weight is 285 g/mol. The van der Waals surface area contributed by atoms with Gasteiger partial charge in [-0.15, -0.1) is 0 Å². The molecule has 0 aliphatic heterocycles. The molecule has 0 radical (unpaired) electrons. The summed E-state index contributed by atoms with van der Waals surface area (Å²) >= 11 is 0. The number of nitrogens with zero attached hydrogens (tertiary/aromatic N) is 1. The molecule has 7 heteroatoms. The van der Waals surface area contributed by atoms with Crippen molar-refractivity contribution in [2.24, 2.45) is 16.8 Å². The van der Waals surface area contributed by atoms with Gasteiger partial charge in [0.25, 0.3) is 0 Å². The maximum Gasteiger partial charge on any atom is 0.232 e. The molecule has 0 spiro atoms. The van der Waals surface area contributed by atoms with Gasteiger partial charge in [0.05, 0.1) is 5.75 Å². The quantitative estimate of drug-likeness (QED) is 0.319. The first-order valence-electron chi connectivity index (χ1n) is 5.92. The molecule has 0 bridgehead atoms. The van der Waals surface area contributed by atoms with E-state index in [9.17, 15) is 8.42 Å². The first-order chi connectivity index (χ1) is 8.84. The molecule has 0 saturated heterocycles. The monoisotopic (exact) mass is 285 g/mol. The number of hydrogen-bond donors (Lipinski definition) is 3. The van der Waals surface area contributed by atoms with Gasteiger partial charge in [0.2, 0.25) is 10.0 Å². The van der Waals surface area contributed by atoms with Crippen LogP contribution in [0.1, 0.15) is 25.8 Å². The summed E-state index contributed by atoms with van der Waals surface area (Å²) in [5, 5.41) is 11.5. The molecular weight excluding hydrogens is 266 g/mol. The van der Waals surface area contributed by atoms with Gasteiger partial charge < -0.3 is 10.9 Å². The molecule has 0 saturated carbocycles. The first-order valence-corrected chi connectivity index (χ1v) is 7.57. The van der Waals surface area contributed by atoms with Gasteiger partial charge in [-0.25, -0.2) is 8.42 Å². The Balaban J connectivity index is 2.82. The zero-order valence-electron chi connectivity index (χ0n) is 11.0. The van der Waals surface area contributed by atoms with E-state index in [0.717, 1.165) is 0 Å². The number of anilines is 1. The molecule has 0 heterocycles. The van der Waals surface area contributed by atoms with Crippen LogP contribution in [0.3, 0.4) is 0 Å². The van der Waals surface area contributed by atoms with E-state index in [1.54, 1.807) is 18.2 Å². The number of nitrogens with two attached hydrogens (primary N) is 1. The lowest BCUT2D eigenvalue weighted by Gasteiger charge is -2.10. The van der Waals surface area contributed by atoms with Crippen LogP contribution >= 0.6 is 0 Å². The Hall–Kier alpha value is -1.76. The Morgan fingerprint density at radius 2 is 2.16 bits per heavy atom. The van der Waals surface area contributed by atoms with Crippen molar-refractivity contribution in [3.63, 3.8) is 0 Å². The third-order valence-electron chi connectivity index (χ3n) is 2.50. The Kier molecular flexibility index (Phi) is 5.17. The SMILES string of the molecule is CC(C)CCS(=O)(=O)Nc1cccc(/C(N)=N/O)c1. The lowest BCUT2D eigenvalue weighted by atomic mass is 10.2. The molecule has 0 aliphatic carbocycles. The van der Waals surface area contributed by atoms with Gasteiger partial charge in [-0.3, -0.25) is 4.72 Å². The van der Waals surface area contributed by atoms with Crippen molar-refractivity contribution in [3.05, 3.63) is 29.8 Å². The topological polar surface area (TPSA) is 105 Å². The van der Waals surface area contributed by atoms with E-state index >= 15 is 0 Å². The van der Waals surface area contributed by atoms with Crippen LogP contribution in [-0.4, -0.2) is 25.2 Å². The minimum Gasteiger partial charge on any atom is -0.409 e. The van der Waals surface area contributed by atoms with Crippen LogP contribution < -0.4 is 10.5 Å². The molecule has 19 heavy (non-hydrogen) atoms. The average Bonchev–Trinajstić information content (AvgIpc) is 2.35. The molecule has 0 atom stereocenters. The third kappa shape index (κ3) is 5.17. The highest BCUT2D eigenvalue weighted by molar-refractivity contribution is 7.92. The predicted molar refractivity (Wildman–Crippen MR) is 75.8 cm³/mol. The van der Waals surface area contributed by atoms with Gasteiger partial charge in [0, 0.05) is 11.3 Å². The highest BCUT2D eigenvalue weighted by Gasteiger charge is 2.12. The second-order valence-electron chi connectivity index (χ2n) is 4.67. The number of oxime groups is 1. The number of hydrogen-bond acceptors (Lipinski definition) is 4. The minimum atomic E-state index is -3.37. The maximum atomic E-state index is 11.8. The summed E-state index contributed by atoms with van der Waals surface area (Å²) in [4.78, 5) is 0. The fourth-order valence-electron chi connectivity index (χ4n) is 1.42. The highest BCUT2D eigenvalue weighted by Crippen LogP contribution is 2.13. The Morgan fingerprint density at radius 1 is 1.47 bits per heavy atom. The number of benzene rings is 1. The smallest absolute Gasteiger partial charge is 0.232 e. The summed E-state index contributed by atoms with van der Waals surface area (Å²) in [6, 6.07) is 6.39. The van der Waals surface area contributed by atoms with E-state index in [2.05, 4.69) is 9.88 Å². The Labute approximate surface area is 113 Å². The summed E-state index contributed by atoms with van der Waals surface area (Å²) in [6.45, 7) is 3.93. The van der Waals surface area contributed by atoms with Crippen LogP contribution in [0, 0.1) is 5.92 Å². The van der Waals surface area contributed by atoms with Crippen molar-refractivity contribution in [3.8, 4) is 0 Å². The van der Waals surface area contributed by atoms with E-state index in [0.29, 0.717) is 23.6 Å². The van der Waals surface area contributed by atoms with Gasteiger partial charge in [-0.1, -0.05) is 31.1 Å². The number of nitrogens with one attached hydrogen (secondary N) is 1. The molecule has 4 N–H and O–H groups in total. The van der Waals surface area contributed by atoms with Crippen molar-refractivity contribution < 1.29 is 13.6 Å². The van der Waals surface area contributed by atoms with Crippen molar-refractivity contribution >= 4 is 21.5 Å². The number of sulfonamides is 1. The van der Waals surface area contributed by atoms with E-state index in [1.807, 2.05) is 13.8 Å². The maximum absolute atomic E-state index is 11.8. The molecule has 6 nitrogen and oxygen atoms in total. The van der Waals surface area contributed by atoms with Crippen LogP contribution in [0.4, 0.5) is 5.69 Å². The van der Waals surface area contributed by atoms with Gasteiger partial charge >= 0.3 is 0 Å². The third-order valence-corrected chi connectivity index (χ3v) is 3.82. The largest absolute Gasteiger partial charge is 0.409 e. The minimum absolute atomic E-state index is 0.0665. The van der Waals surface area contributed by atoms with Gasteiger partial charge in [0.1, 0.15) is 0 Å². The second kappa shape index (κ2) is 6.42. The first kappa shape index (κ1) is 15.3. The van der Waals surface area contributed by atoms with E-state index < -0.39 is 10.0 Å². The fraction of sp³-hybridized carbons (Fsp3) is 0.417. The molecule has 0 aromatic heterocycles. The van der Waals surface area contributed by atoms with Crippen LogP contribution in [0.2, 0.25) is 0 Å². The standard InChI is InChI=1S/C12H19N3O3S/c1-9(2)6-7-19(17,18)15-11-5-3-4-10(8-11)12(13)14-16/h3-5,8-9,15-16H,6-7H2,1-2H3,(H2,13,14). The van der Waals surface area contributed by atoms with Gasteiger partial charge in [0.15, 0.2) is 5.84 Å². The van der Waals surface area contributed by atoms with Crippen molar-refractivity contribution in [2.75, 3.05) is 10.5 Å². The molecule has 1 aromatic rings. The Bertz CT molecular complexity index is 553. The lowest BCUT2D eigenvalue weighted by molar-refractivity contribution is 0.318. The molecular formula is C12H19N3O3S. The highest BCUT2D eigenvalue weighted by atomic mass is 32.2. The van der Waals surface area contributed by atoms with Gasteiger partial charge in [-0.2, -0.15) is 0 Å². The molecule has 0 amide bonds. The summed E-state index contributed by atoms with van der Waals surface area (Å²) in [7, 11) is -3.37. The van der Waals surface area contributed by atoms with E-state index in [1.165, 1.54) is 6.07 Å². The molecule has 0 fully saturated rings. The van der Waals surface area contributed by atoms with Crippen molar-refractivity contribution in [1.82, 2.24) is 0 Å².